The van der Waals surface area contributed by atoms with Crippen molar-refractivity contribution in [2.45, 2.75) is 26.1 Å². The first-order valence-electron chi connectivity index (χ1n) is 8.59. The van der Waals surface area contributed by atoms with Crippen LogP contribution in [0.15, 0.2) is 48.5 Å². The number of carbonyl (C=O) groups is 2. The lowest BCUT2D eigenvalue weighted by Gasteiger charge is -2.16. The van der Waals surface area contributed by atoms with E-state index in [2.05, 4.69) is 16.0 Å². The van der Waals surface area contributed by atoms with E-state index in [0.717, 1.165) is 11.1 Å². The average Bonchev–Trinajstić information content (AvgIpc) is 2.64. The molecule has 0 spiro atoms. The standard InChI is InChI=1S/C20H24FN3O3/c1-14(25)24-19(13-27-2)20(26)23-12-16-8-6-15(7-9-16)11-22-18-5-3-4-17(21)10-18/h3-10,19,22H,11-13H2,1-2H3,(H,23,26)(H,24,25)/t19-/m1/s1. The maximum Gasteiger partial charge on any atom is 0.245 e. The molecule has 7 heteroatoms. The summed E-state index contributed by atoms with van der Waals surface area (Å²) in [6.07, 6.45) is 0. The summed E-state index contributed by atoms with van der Waals surface area (Å²) in [6.45, 7) is 2.37. The zero-order valence-electron chi connectivity index (χ0n) is 15.4. The molecule has 0 saturated carbocycles. The van der Waals surface area contributed by atoms with Gasteiger partial charge in [0.25, 0.3) is 0 Å². The monoisotopic (exact) mass is 373 g/mol. The Balaban J connectivity index is 1.84. The van der Waals surface area contributed by atoms with Gasteiger partial charge < -0.3 is 20.7 Å². The molecule has 0 aliphatic rings. The smallest absolute Gasteiger partial charge is 0.245 e. The molecule has 0 heterocycles. The molecular formula is C20H24FN3O3. The summed E-state index contributed by atoms with van der Waals surface area (Å²) in [6, 6.07) is 13.3. The Morgan fingerprint density at radius 3 is 2.33 bits per heavy atom. The lowest BCUT2D eigenvalue weighted by Crippen LogP contribution is -2.48. The molecule has 144 valence electrons. The van der Waals surface area contributed by atoms with Crippen molar-refractivity contribution in [3.05, 3.63) is 65.5 Å². The third-order valence-electron chi connectivity index (χ3n) is 3.84. The molecule has 0 bridgehead atoms. The third-order valence-corrected chi connectivity index (χ3v) is 3.84. The van der Waals surface area contributed by atoms with Crippen molar-refractivity contribution in [2.75, 3.05) is 19.0 Å². The number of amides is 2. The van der Waals surface area contributed by atoms with Crippen LogP contribution in [0, 0.1) is 5.82 Å². The van der Waals surface area contributed by atoms with Crippen LogP contribution >= 0.6 is 0 Å². The maximum atomic E-state index is 13.2. The van der Waals surface area contributed by atoms with Crippen LogP contribution < -0.4 is 16.0 Å². The molecule has 0 saturated heterocycles. The number of nitrogens with one attached hydrogen (secondary N) is 3. The van der Waals surface area contributed by atoms with Gasteiger partial charge in [0.1, 0.15) is 11.9 Å². The maximum absolute atomic E-state index is 13.2. The van der Waals surface area contributed by atoms with Crippen LogP contribution in [0.25, 0.3) is 0 Å². The fraction of sp³-hybridized carbons (Fsp3) is 0.300. The average molecular weight is 373 g/mol. The topological polar surface area (TPSA) is 79.5 Å². The van der Waals surface area contributed by atoms with Crippen molar-refractivity contribution in [1.29, 1.82) is 0 Å². The van der Waals surface area contributed by atoms with Crippen molar-refractivity contribution in [3.8, 4) is 0 Å². The van der Waals surface area contributed by atoms with Crippen molar-refractivity contribution < 1.29 is 18.7 Å². The Bertz CT molecular complexity index is 765. The van der Waals surface area contributed by atoms with E-state index < -0.39 is 6.04 Å². The van der Waals surface area contributed by atoms with E-state index in [1.165, 1.54) is 26.2 Å². The van der Waals surface area contributed by atoms with E-state index in [4.69, 9.17) is 4.74 Å². The molecule has 2 aromatic carbocycles. The Labute approximate surface area is 158 Å². The van der Waals surface area contributed by atoms with Crippen molar-refractivity contribution in [2.24, 2.45) is 0 Å². The van der Waals surface area contributed by atoms with Crippen LogP contribution in [0.5, 0.6) is 0 Å². The first kappa shape index (κ1) is 20.4. The fourth-order valence-electron chi connectivity index (χ4n) is 2.48. The summed E-state index contributed by atoms with van der Waals surface area (Å²) in [5.74, 6) is -0.872. The summed E-state index contributed by atoms with van der Waals surface area (Å²) in [4.78, 5) is 23.3. The summed E-state index contributed by atoms with van der Waals surface area (Å²) in [7, 11) is 1.47. The molecule has 6 nitrogen and oxygen atoms in total. The number of anilines is 1. The number of methoxy groups -OCH3 is 1. The van der Waals surface area contributed by atoms with Gasteiger partial charge in [-0.05, 0) is 29.3 Å². The summed E-state index contributed by atoms with van der Waals surface area (Å²) in [5.41, 5.74) is 2.68. The molecule has 0 unspecified atom stereocenters. The SMILES string of the molecule is COC[C@@H](NC(C)=O)C(=O)NCc1ccc(CNc2cccc(F)c2)cc1. The third kappa shape index (κ3) is 7.07. The van der Waals surface area contributed by atoms with Crippen molar-refractivity contribution >= 4 is 17.5 Å². The number of rotatable bonds is 9. The molecule has 2 rings (SSSR count). The van der Waals surface area contributed by atoms with Crippen LogP contribution in [-0.4, -0.2) is 31.6 Å². The van der Waals surface area contributed by atoms with Gasteiger partial charge in [0.2, 0.25) is 11.8 Å². The molecule has 0 radical (unpaired) electrons. The van der Waals surface area contributed by atoms with Gasteiger partial charge in [-0.3, -0.25) is 9.59 Å². The normalized spacial score (nSPS) is 11.5. The van der Waals surface area contributed by atoms with Crippen LogP contribution in [-0.2, 0) is 27.4 Å². The van der Waals surface area contributed by atoms with Crippen LogP contribution in [0.1, 0.15) is 18.1 Å². The van der Waals surface area contributed by atoms with Crippen LogP contribution in [0.3, 0.4) is 0 Å². The molecule has 0 aromatic heterocycles. The highest BCUT2D eigenvalue weighted by Crippen LogP contribution is 2.12. The molecule has 27 heavy (non-hydrogen) atoms. The molecule has 3 N–H and O–H groups in total. The van der Waals surface area contributed by atoms with Crippen molar-refractivity contribution in [3.63, 3.8) is 0 Å². The Kier molecular flexibility index (Phi) is 7.76. The van der Waals surface area contributed by atoms with E-state index in [1.54, 1.807) is 12.1 Å². The molecule has 2 amide bonds. The minimum atomic E-state index is -0.720. The summed E-state index contributed by atoms with van der Waals surface area (Å²) in [5, 5.41) is 8.49. The van der Waals surface area contributed by atoms with E-state index in [0.29, 0.717) is 18.8 Å². The molecule has 2 aromatic rings. The van der Waals surface area contributed by atoms with Gasteiger partial charge in [-0.25, -0.2) is 4.39 Å². The van der Waals surface area contributed by atoms with Crippen LogP contribution in [0.4, 0.5) is 10.1 Å². The molecular weight excluding hydrogens is 349 g/mol. The van der Waals surface area contributed by atoms with Gasteiger partial charge in [-0.2, -0.15) is 0 Å². The van der Waals surface area contributed by atoms with E-state index in [9.17, 15) is 14.0 Å². The van der Waals surface area contributed by atoms with Crippen LogP contribution in [0.2, 0.25) is 0 Å². The quantitative estimate of drug-likeness (QED) is 0.630. The zero-order chi connectivity index (χ0) is 19.6. The second kappa shape index (κ2) is 10.3. The first-order chi connectivity index (χ1) is 13.0. The van der Waals surface area contributed by atoms with E-state index in [1.807, 2.05) is 24.3 Å². The van der Waals surface area contributed by atoms with Gasteiger partial charge in [0.05, 0.1) is 6.61 Å². The highest BCUT2D eigenvalue weighted by molar-refractivity contribution is 5.86. The van der Waals surface area contributed by atoms with Gasteiger partial charge >= 0.3 is 0 Å². The summed E-state index contributed by atoms with van der Waals surface area (Å²) >= 11 is 0. The first-order valence-corrected chi connectivity index (χ1v) is 8.59. The number of ether oxygens (including phenoxy) is 1. The van der Waals surface area contributed by atoms with Gasteiger partial charge in [0, 0.05) is 32.8 Å². The Morgan fingerprint density at radius 1 is 1.07 bits per heavy atom. The second-order valence-corrected chi connectivity index (χ2v) is 6.11. The molecule has 0 aliphatic carbocycles. The number of benzene rings is 2. The van der Waals surface area contributed by atoms with Crippen molar-refractivity contribution in [1.82, 2.24) is 10.6 Å². The predicted octanol–water partition coefficient (Wildman–Crippen LogP) is 2.21. The Morgan fingerprint density at radius 2 is 1.74 bits per heavy atom. The fourth-order valence-corrected chi connectivity index (χ4v) is 2.48. The number of halogens is 1. The molecule has 1 atom stereocenters. The second-order valence-electron chi connectivity index (χ2n) is 6.11. The Hall–Kier alpha value is -2.93. The highest BCUT2D eigenvalue weighted by atomic mass is 19.1. The van der Waals surface area contributed by atoms with Gasteiger partial charge in [0.15, 0.2) is 0 Å². The molecule has 0 aliphatic heterocycles. The zero-order valence-corrected chi connectivity index (χ0v) is 15.4. The lowest BCUT2D eigenvalue weighted by atomic mass is 10.1. The minimum Gasteiger partial charge on any atom is -0.382 e. The highest BCUT2D eigenvalue weighted by Gasteiger charge is 2.18. The number of carbonyl (C=O) groups excluding carboxylic acids is 2. The van der Waals surface area contributed by atoms with Gasteiger partial charge in [-0.15, -0.1) is 0 Å². The number of hydrogen-bond acceptors (Lipinski definition) is 4. The minimum absolute atomic E-state index is 0.107. The predicted molar refractivity (Wildman–Crippen MR) is 101 cm³/mol. The van der Waals surface area contributed by atoms with Gasteiger partial charge in [-0.1, -0.05) is 30.3 Å². The largest absolute Gasteiger partial charge is 0.382 e. The van der Waals surface area contributed by atoms with E-state index in [-0.39, 0.29) is 24.2 Å². The lowest BCUT2D eigenvalue weighted by molar-refractivity contribution is -0.129. The van der Waals surface area contributed by atoms with E-state index >= 15 is 0 Å². The molecule has 0 fully saturated rings. The number of hydrogen-bond donors (Lipinski definition) is 3. The summed E-state index contributed by atoms with van der Waals surface area (Å²) < 4.78 is 18.1.